The van der Waals surface area contributed by atoms with Gasteiger partial charge in [0.15, 0.2) is 0 Å². The molecule has 0 amide bonds. The Morgan fingerprint density at radius 2 is 2.37 bits per heavy atom. The topological polar surface area (TPSA) is 70.3 Å². The van der Waals surface area contributed by atoms with Crippen molar-refractivity contribution in [2.45, 2.75) is 31.0 Å². The summed E-state index contributed by atoms with van der Waals surface area (Å²) in [7, 11) is 0. The van der Waals surface area contributed by atoms with E-state index in [1.165, 1.54) is 12.1 Å². The van der Waals surface area contributed by atoms with Gasteiger partial charge < -0.3 is 9.84 Å². The largest absolute Gasteiger partial charge is 0.490 e. The first-order valence-electron chi connectivity index (χ1n) is 5.73. The Morgan fingerprint density at radius 3 is 2.89 bits per heavy atom. The average Bonchev–Trinajstić information content (AvgIpc) is 2.73. The quantitative estimate of drug-likeness (QED) is 0.926. The van der Waals surface area contributed by atoms with Crippen molar-refractivity contribution in [1.29, 1.82) is 5.26 Å². The molecule has 2 atom stereocenters. The van der Waals surface area contributed by atoms with Crippen LogP contribution in [0.25, 0.3) is 0 Å². The Morgan fingerprint density at radius 1 is 1.63 bits per heavy atom. The highest BCUT2D eigenvalue weighted by Gasteiger charge is 2.47. The van der Waals surface area contributed by atoms with Crippen LogP contribution < -0.4 is 4.74 Å². The fourth-order valence-corrected chi connectivity index (χ4v) is 2.31. The van der Waals surface area contributed by atoms with Crippen molar-refractivity contribution in [2.75, 3.05) is 0 Å². The van der Waals surface area contributed by atoms with Crippen molar-refractivity contribution in [3.05, 3.63) is 28.8 Å². The van der Waals surface area contributed by atoms with Crippen LogP contribution >= 0.6 is 11.6 Å². The maximum absolute atomic E-state index is 13.8. The van der Waals surface area contributed by atoms with E-state index in [9.17, 15) is 9.18 Å². The molecule has 2 rings (SSSR count). The summed E-state index contributed by atoms with van der Waals surface area (Å²) < 4.78 is 19.3. The van der Waals surface area contributed by atoms with Gasteiger partial charge in [-0.15, -0.1) is 0 Å². The molecule has 0 saturated heterocycles. The van der Waals surface area contributed by atoms with Gasteiger partial charge >= 0.3 is 5.97 Å². The zero-order chi connectivity index (χ0) is 14.0. The fourth-order valence-electron chi connectivity index (χ4n) is 2.10. The summed E-state index contributed by atoms with van der Waals surface area (Å²) in [5, 5.41) is 17.8. The highest BCUT2D eigenvalue weighted by Crippen LogP contribution is 2.36. The molecule has 0 radical (unpaired) electrons. The monoisotopic (exact) mass is 283 g/mol. The Labute approximate surface area is 114 Å². The summed E-state index contributed by atoms with van der Waals surface area (Å²) in [6, 6.07) is 6.46. The molecule has 1 aromatic carbocycles. The minimum Gasteiger partial charge on any atom is -0.490 e. The summed E-state index contributed by atoms with van der Waals surface area (Å²) in [5.74, 6) is -1.04. The molecule has 1 saturated carbocycles. The number of carbonyl (C=O) groups is 1. The molecule has 1 aliphatic carbocycles. The van der Waals surface area contributed by atoms with Gasteiger partial charge in [-0.3, -0.25) is 0 Å². The van der Waals surface area contributed by atoms with E-state index in [2.05, 4.69) is 0 Å². The van der Waals surface area contributed by atoms with Crippen molar-refractivity contribution in [3.63, 3.8) is 0 Å². The van der Waals surface area contributed by atoms with Crippen LogP contribution in [0.5, 0.6) is 5.75 Å². The number of rotatable bonds is 3. The molecule has 6 heteroatoms. The van der Waals surface area contributed by atoms with E-state index in [1.807, 2.05) is 6.07 Å². The third-order valence-corrected chi connectivity index (χ3v) is 3.47. The van der Waals surface area contributed by atoms with Crippen molar-refractivity contribution < 1.29 is 19.0 Å². The number of ether oxygens (including phenoxy) is 1. The maximum Gasteiger partial charge on any atom is 0.341 e. The SMILES string of the molecule is N#Cc1ccc(OC2CCC(F)(C(=O)O)C2)cc1Cl. The molecule has 0 bridgehead atoms. The minimum absolute atomic E-state index is 0.0585. The van der Waals surface area contributed by atoms with Crippen LogP contribution in [0.4, 0.5) is 4.39 Å². The second kappa shape index (κ2) is 5.06. The van der Waals surface area contributed by atoms with Gasteiger partial charge in [0.1, 0.15) is 17.9 Å². The van der Waals surface area contributed by atoms with Crippen molar-refractivity contribution in [3.8, 4) is 11.8 Å². The number of carboxylic acid groups (broad SMARTS) is 1. The maximum atomic E-state index is 13.8. The second-order valence-corrected chi connectivity index (χ2v) is 4.91. The molecule has 0 aromatic heterocycles. The first kappa shape index (κ1) is 13.6. The number of carboxylic acids is 1. The smallest absolute Gasteiger partial charge is 0.341 e. The predicted octanol–water partition coefficient (Wildman–Crippen LogP) is 2.94. The van der Waals surface area contributed by atoms with Gasteiger partial charge in [-0.1, -0.05) is 11.6 Å². The Balaban J connectivity index is 2.06. The normalized spacial score (nSPS) is 25.8. The molecule has 4 nitrogen and oxygen atoms in total. The van der Waals surface area contributed by atoms with E-state index in [-0.39, 0.29) is 17.9 Å². The number of halogens is 2. The van der Waals surface area contributed by atoms with Crippen molar-refractivity contribution in [1.82, 2.24) is 0 Å². The lowest BCUT2D eigenvalue weighted by Gasteiger charge is -2.16. The standard InChI is InChI=1S/C13H11ClFNO3/c14-11-5-9(2-1-8(11)7-16)19-10-3-4-13(15,6-10)12(17)18/h1-2,5,10H,3-4,6H2,(H,17,18). The number of nitrogens with zero attached hydrogens (tertiary/aromatic N) is 1. The van der Waals surface area contributed by atoms with Gasteiger partial charge in [-0.05, 0) is 25.0 Å². The van der Waals surface area contributed by atoms with Gasteiger partial charge in [-0.2, -0.15) is 5.26 Å². The van der Waals surface area contributed by atoms with Gasteiger partial charge in [-0.25, -0.2) is 9.18 Å². The number of hydrogen-bond acceptors (Lipinski definition) is 3. The zero-order valence-electron chi connectivity index (χ0n) is 9.90. The van der Waals surface area contributed by atoms with Gasteiger partial charge in [0.2, 0.25) is 5.67 Å². The molecule has 100 valence electrons. The predicted molar refractivity (Wildman–Crippen MR) is 65.9 cm³/mol. The number of hydrogen-bond donors (Lipinski definition) is 1. The van der Waals surface area contributed by atoms with Crippen LogP contribution in [0.3, 0.4) is 0 Å². The van der Waals surface area contributed by atoms with Crippen LogP contribution in [-0.2, 0) is 4.79 Å². The average molecular weight is 284 g/mol. The van der Waals surface area contributed by atoms with Crippen LogP contribution in [0.15, 0.2) is 18.2 Å². The lowest BCUT2D eigenvalue weighted by Crippen LogP contribution is -2.31. The van der Waals surface area contributed by atoms with Crippen LogP contribution in [0, 0.1) is 11.3 Å². The molecule has 0 heterocycles. The Bertz CT molecular complexity index is 557. The molecule has 19 heavy (non-hydrogen) atoms. The lowest BCUT2D eigenvalue weighted by molar-refractivity contribution is -0.150. The molecule has 1 N–H and O–H groups in total. The fraction of sp³-hybridized carbons (Fsp3) is 0.385. The molecule has 1 aliphatic rings. The summed E-state index contributed by atoms with van der Waals surface area (Å²) >= 11 is 5.85. The summed E-state index contributed by atoms with van der Waals surface area (Å²) in [4.78, 5) is 10.8. The Kier molecular flexibility index (Phi) is 3.63. The molecule has 0 spiro atoms. The Hall–Kier alpha value is -1.80. The van der Waals surface area contributed by atoms with E-state index >= 15 is 0 Å². The van der Waals surface area contributed by atoms with E-state index in [1.54, 1.807) is 6.07 Å². The first-order chi connectivity index (χ1) is 8.94. The second-order valence-electron chi connectivity index (χ2n) is 4.51. The van der Waals surface area contributed by atoms with Gasteiger partial charge in [0.05, 0.1) is 10.6 Å². The van der Waals surface area contributed by atoms with Crippen LogP contribution in [-0.4, -0.2) is 22.8 Å². The minimum atomic E-state index is -2.21. The van der Waals surface area contributed by atoms with Crippen LogP contribution in [0.1, 0.15) is 24.8 Å². The number of nitriles is 1. The summed E-state index contributed by atoms with van der Waals surface area (Å²) in [6.45, 7) is 0. The van der Waals surface area contributed by atoms with E-state index in [0.717, 1.165) is 0 Å². The summed E-state index contributed by atoms with van der Waals surface area (Å²) in [6.07, 6.45) is -0.401. The number of benzene rings is 1. The van der Waals surface area contributed by atoms with Gasteiger partial charge in [0, 0.05) is 12.5 Å². The van der Waals surface area contributed by atoms with E-state index in [0.29, 0.717) is 17.7 Å². The third kappa shape index (κ3) is 2.79. The van der Waals surface area contributed by atoms with Gasteiger partial charge in [0.25, 0.3) is 0 Å². The molecule has 1 aromatic rings. The van der Waals surface area contributed by atoms with Crippen molar-refractivity contribution >= 4 is 17.6 Å². The number of alkyl halides is 1. The zero-order valence-corrected chi connectivity index (χ0v) is 10.7. The molecule has 2 unspecified atom stereocenters. The first-order valence-corrected chi connectivity index (χ1v) is 6.11. The van der Waals surface area contributed by atoms with E-state index < -0.39 is 17.7 Å². The summed E-state index contributed by atoms with van der Waals surface area (Å²) in [5.41, 5.74) is -1.88. The lowest BCUT2D eigenvalue weighted by atomic mass is 10.1. The number of aliphatic carboxylic acids is 1. The highest BCUT2D eigenvalue weighted by molar-refractivity contribution is 6.31. The van der Waals surface area contributed by atoms with E-state index in [4.69, 9.17) is 26.7 Å². The highest BCUT2D eigenvalue weighted by atomic mass is 35.5. The van der Waals surface area contributed by atoms with Crippen LogP contribution in [0.2, 0.25) is 5.02 Å². The third-order valence-electron chi connectivity index (χ3n) is 3.16. The molecule has 0 aliphatic heterocycles. The molecule has 1 fully saturated rings. The van der Waals surface area contributed by atoms with Crippen molar-refractivity contribution in [2.24, 2.45) is 0 Å². The molecular weight excluding hydrogens is 273 g/mol. The molecular formula is C13H11ClFNO3.